The first-order valence-electron chi connectivity index (χ1n) is 13.5. The van der Waals surface area contributed by atoms with Crippen LogP contribution in [0.2, 0.25) is 0 Å². The minimum absolute atomic E-state index is 0.252. The molecule has 0 radical (unpaired) electrons. The van der Waals surface area contributed by atoms with Crippen molar-refractivity contribution in [3.8, 4) is 5.75 Å². The van der Waals surface area contributed by atoms with Gasteiger partial charge in [0.25, 0.3) is 5.91 Å². The lowest BCUT2D eigenvalue weighted by atomic mass is 9.89. The largest absolute Gasteiger partial charge is 0.496 e. The van der Waals surface area contributed by atoms with Crippen LogP contribution in [-0.4, -0.2) is 43.0 Å². The van der Waals surface area contributed by atoms with Crippen molar-refractivity contribution in [3.05, 3.63) is 88.4 Å². The predicted molar refractivity (Wildman–Crippen MR) is 153 cm³/mol. The summed E-state index contributed by atoms with van der Waals surface area (Å²) in [7, 11) is 1.69. The number of carbonyl (C=O) groups is 2. The van der Waals surface area contributed by atoms with E-state index in [4.69, 9.17) is 9.57 Å². The molecule has 3 heterocycles. The molecule has 0 spiro atoms. The minimum atomic E-state index is -0.902. The van der Waals surface area contributed by atoms with E-state index in [0.29, 0.717) is 5.69 Å². The summed E-state index contributed by atoms with van der Waals surface area (Å²) < 4.78 is 6.62. The van der Waals surface area contributed by atoms with Crippen LogP contribution in [-0.2, 0) is 21.0 Å². The fraction of sp³-hybridized carbons (Fsp3) is 0.355. The Morgan fingerprint density at radius 3 is 2.33 bits per heavy atom. The van der Waals surface area contributed by atoms with Crippen molar-refractivity contribution in [2.24, 2.45) is 11.8 Å². The third-order valence-electron chi connectivity index (χ3n) is 8.13. The molecule has 6 rings (SSSR count). The molecule has 0 saturated carbocycles. The first-order chi connectivity index (χ1) is 18.9. The Morgan fingerprint density at radius 2 is 1.64 bits per heavy atom. The van der Waals surface area contributed by atoms with Gasteiger partial charge in [-0.3, -0.25) is 19.3 Å². The van der Waals surface area contributed by atoms with Gasteiger partial charge in [-0.05, 0) is 85.9 Å². The van der Waals surface area contributed by atoms with Gasteiger partial charge in [0.15, 0.2) is 6.10 Å². The van der Waals surface area contributed by atoms with Gasteiger partial charge in [0.05, 0.1) is 24.5 Å². The smallest absolute Gasteiger partial charge is 0.266 e. The molecule has 0 N–H and O–H groups in total. The van der Waals surface area contributed by atoms with E-state index < -0.39 is 18.1 Å². The Morgan fingerprint density at radius 1 is 0.923 bits per heavy atom. The Labute approximate surface area is 237 Å². The molecule has 3 aromatic carbocycles. The number of benzene rings is 3. The van der Waals surface area contributed by atoms with Crippen molar-refractivity contribution in [1.82, 2.24) is 4.90 Å². The van der Waals surface area contributed by atoms with E-state index in [9.17, 15) is 9.59 Å². The zero-order valence-electron chi connectivity index (χ0n) is 22.1. The van der Waals surface area contributed by atoms with Gasteiger partial charge in [-0.2, -0.15) is 0 Å². The zero-order valence-corrected chi connectivity index (χ0v) is 23.7. The average molecular weight is 591 g/mol. The van der Waals surface area contributed by atoms with Crippen molar-refractivity contribution in [2.75, 3.05) is 30.2 Å². The molecule has 39 heavy (non-hydrogen) atoms. The molecule has 0 aliphatic carbocycles. The monoisotopic (exact) mass is 589 g/mol. The van der Waals surface area contributed by atoms with Crippen LogP contribution in [0.5, 0.6) is 5.75 Å². The second kappa shape index (κ2) is 10.8. The van der Waals surface area contributed by atoms with Crippen molar-refractivity contribution in [1.29, 1.82) is 0 Å². The molecule has 3 aliphatic heterocycles. The topological polar surface area (TPSA) is 62.3 Å². The summed E-state index contributed by atoms with van der Waals surface area (Å²) >= 11 is 3.43. The van der Waals surface area contributed by atoms with Crippen LogP contribution in [0.4, 0.5) is 11.4 Å². The molecule has 0 bridgehead atoms. The van der Waals surface area contributed by atoms with Crippen molar-refractivity contribution in [3.63, 3.8) is 0 Å². The Kier molecular flexibility index (Phi) is 7.18. The van der Waals surface area contributed by atoms with Gasteiger partial charge in [-0.1, -0.05) is 47.1 Å². The van der Waals surface area contributed by atoms with Gasteiger partial charge in [0, 0.05) is 16.6 Å². The summed E-state index contributed by atoms with van der Waals surface area (Å²) in [5.74, 6) is 0.300. The summed E-state index contributed by atoms with van der Waals surface area (Å²) in [6.45, 7) is 5.19. The highest BCUT2D eigenvalue weighted by molar-refractivity contribution is 9.10. The molecule has 3 atom stereocenters. The van der Waals surface area contributed by atoms with E-state index in [0.717, 1.165) is 52.6 Å². The normalized spacial score (nSPS) is 23.9. The molecular formula is C31H32BrN3O4. The SMILES string of the molecule is COc1ccc([C@@H]2[C@H]3C(=O)N(c4ccc(Br)cc4)C(=O)[C@@H]3ON2c2ccccc2)cc1CN1CCC(C)CC1. The molecule has 3 aromatic rings. The maximum Gasteiger partial charge on any atom is 0.266 e. The van der Waals surface area contributed by atoms with E-state index in [-0.39, 0.29) is 11.8 Å². The maximum absolute atomic E-state index is 14.0. The van der Waals surface area contributed by atoms with Crippen LogP contribution in [0.15, 0.2) is 77.3 Å². The lowest BCUT2D eigenvalue weighted by Gasteiger charge is -2.31. The number of para-hydroxylation sites is 1. The summed E-state index contributed by atoms with van der Waals surface area (Å²) in [6, 6.07) is 22.5. The summed E-state index contributed by atoms with van der Waals surface area (Å²) in [6.07, 6.45) is 1.47. The van der Waals surface area contributed by atoms with Gasteiger partial charge < -0.3 is 4.74 Å². The molecule has 3 fully saturated rings. The van der Waals surface area contributed by atoms with Crippen LogP contribution < -0.4 is 14.7 Å². The number of anilines is 2. The van der Waals surface area contributed by atoms with Crippen LogP contribution in [0.3, 0.4) is 0 Å². The number of fused-ring (bicyclic) bond motifs is 1. The van der Waals surface area contributed by atoms with Gasteiger partial charge in [0.2, 0.25) is 5.91 Å². The first kappa shape index (κ1) is 26.0. The van der Waals surface area contributed by atoms with E-state index in [1.165, 1.54) is 17.7 Å². The number of imide groups is 1. The highest BCUT2D eigenvalue weighted by Gasteiger charge is 2.60. The lowest BCUT2D eigenvalue weighted by Crippen LogP contribution is -2.37. The van der Waals surface area contributed by atoms with Crippen molar-refractivity contribution < 1.29 is 19.2 Å². The summed E-state index contributed by atoms with van der Waals surface area (Å²) in [5, 5.41) is 1.75. The number of methoxy groups -OCH3 is 1. The molecule has 3 saturated heterocycles. The number of hydroxylamine groups is 1. The van der Waals surface area contributed by atoms with Crippen LogP contribution in [0.25, 0.3) is 0 Å². The van der Waals surface area contributed by atoms with Crippen molar-refractivity contribution in [2.45, 2.75) is 38.5 Å². The molecule has 3 aliphatic rings. The molecule has 0 unspecified atom stereocenters. The molecule has 7 nitrogen and oxygen atoms in total. The van der Waals surface area contributed by atoms with Crippen molar-refractivity contribution >= 4 is 39.1 Å². The number of halogens is 1. The highest BCUT2D eigenvalue weighted by Crippen LogP contribution is 2.48. The Bertz CT molecular complexity index is 1360. The summed E-state index contributed by atoms with van der Waals surface area (Å²) in [5.41, 5.74) is 3.34. The second-order valence-electron chi connectivity index (χ2n) is 10.7. The Hall–Kier alpha value is -3.20. The van der Waals surface area contributed by atoms with E-state index in [1.807, 2.05) is 54.6 Å². The number of likely N-dealkylation sites (tertiary alicyclic amines) is 1. The Balaban J connectivity index is 1.38. The van der Waals surface area contributed by atoms with Gasteiger partial charge >= 0.3 is 0 Å². The highest BCUT2D eigenvalue weighted by atomic mass is 79.9. The zero-order chi connectivity index (χ0) is 27.1. The summed E-state index contributed by atoms with van der Waals surface area (Å²) in [4.78, 5) is 37.6. The number of rotatable bonds is 6. The number of nitrogens with zero attached hydrogens (tertiary/aromatic N) is 3. The van der Waals surface area contributed by atoms with Gasteiger partial charge in [0.1, 0.15) is 11.7 Å². The average Bonchev–Trinajstić information content (AvgIpc) is 3.46. The molecule has 202 valence electrons. The predicted octanol–water partition coefficient (Wildman–Crippen LogP) is 5.74. The maximum atomic E-state index is 14.0. The number of carbonyl (C=O) groups excluding carboxylic acids is 2. The number of hydrogen-bond donors (Lipinski definition) is 0. The van der Waals surface area contributed by atoms with Crippen LogP contribution >= 0.6 is 15.9 Å². The van der Waals surface area contributed by atoms with Crippen LogP contribution in [0, 0.1) is 11.8 Å². The van der Waals surface area contributed by atoms with E-state index >= 15 is 0 Å². The standard InChI is InChI=1S/C31H32BrN3O4/c1-20-14-16-33(17-15-20)19-22-18-21(8-13-26(22)38-2)28-27-29(39-35(28)25-6-4-3-5-7-25)31(37)34(30(27)36)24-11-9-23(32)10-12-24/h3-13,18,20,27-29H,14-17,19H2,1-2H3/t27-,28-,29-/m1/s1. The quantitative estimate of drug-likeness (QED) is 0.342. The number of amides is 2. The molecule has 8 heteroatoms. The number of piperidine rings is 1. The first-order valence-corrected chi connectivity index (χ1v) is 14.3. The third kappa shape index (κ3) is 4.86. The third-order valence-corrected chi connectivity index (χ3v) is 8.66. The number of ether oxygens (including phenoxy) is 1. The van der Waals surface area contributed by atoms with Crippen LogP contribution in [0.1, 0.15) is 36.9 Å². The molecular weight excluding hydrogens is 558 g/mol. The van der Waals surface area contributed by atoms with Gasteiger partial charge in [-0.25, -0.2) is 9.96 Å². The number of hydrogen-bond acceptors (Lipinski definition) is 6. The second-order valence-corrected chi connectivity index (χ2v) is 11.6. The van der Waals surface area contributed by atoms with E-state index in [1.54, 1.807) is 24.3 Å². The molecule has 2 amide bonds. The fourth-order valence-corrected chi connectivity index (χ4v) is 6.23. The van der Waals surface area contributed by atoms with E-state index in [2.05, 4.69) is 33.8 Å². The lowest BCUT2D eigenvalue weighted by molar-refractivity contribution is -0.126. The minimum Gasteiger partial charge on any atom is -0.496 e. The fourth-order valence-electron chi connectivity index (χ4n) is 5.96. The van der Waals surface area contributed by atoms with Gasteiger partial charge in [-0.15, -0.1) is 0 Å². The molecule has 0 aromatic heterocycles.